The maximum absolute atomic E-state index is 11.3. The Balaban J connectivity index is 1.81. The second-order valence-corrected chi connectivity index (χ2v) is 5.68. The van der Waals surface area contributed by atoms with Gasteiger partial charge < -0.3 is 4.90 Å². The van der Waals surface area contributed by atoms with E-state index < -0.39 is 0 Å². The molecule has 0 aromatic rings. The summed E-state index contributed by atoms with van der Waals surface area (Å²) >= 11 is 0. The minimum Gasteiger partial charge on any atom is -0.340 e. The smallest absolute Gasteiger partial charge is 0.219 e. The molecule has 2 rings (SSSR count). The van der Waals surface area contributed by atoms with Gasteiger partial charge in [-0.1, -0.05) is 19.3 Å². The SMILES string of the molecule is CC(=O)N1CCN(C(C)C2CCCCC2)CC1. The first-order valence-electron chi connectivity index (χ1n) is 7.18. The van der Waals surface area contributed by atoms with Gasteiger partial charge in [0, 0.05) is 39.1 Å². The molecule has 0 aromatic carbocycles. The van der Waals surface area contributed by atoms with Crippen LogP contribution < -0.4 is 0 Å². The van der Waals surface area contributed by atoms with E-state index in [1.165, 1.54) is 32.1 Å². The van der Waals surface area contributed by atoms with E-state index in [0.717, 1.165) is 32.1 Å². The van der Waals surface area contributed by atoms with Crippen LogP contribution in [0.25, 0.3) is 0 Å². The van der Waals surface area contributed by atoms with E-state index in [4.69, 9.17) is 0 Å². The average Bonchev–Trinajstić information content (AvgIpc) is 2.39. The van der Waals surface area contributed by atoms with Crippen molar-refractivity contribution in [2.75, 3.05) is 26.2 Å². The van der Waals surface area contributed by atoms with Crippen molar-refractivity contribution in [3.05, 3.63) is 0 Å². The van der Waals surface area contributed by atoms with Crippen molar-refractivity contribution in [2.24, 2.45) is 5.92 Å². The lowest BCUT2D eigenvalue weighted by atomic mass is 9.84. The molecule has 0 N–H and O–H groups in total. The van der Waals surface area contributed by atoms with E-state index in [-0.39, 0.29) is 5.91 Å². The Bertz CT molecular complexity index is 253. The van der Waals surface area contributed by atoms with Gasteiger partial charge in [-0.15, -0.1) is 0 Å². The van der Waals surface area contributed by atoms with Gasteiger partial charge in [0.05, 0.1) is 0 Å². The van der Waals surface area contributed by atoms with E-state index >= 15 is 0 Å². The number of rotatable bonds is 2. The highest BCUT2D eigenvalue weighted by atomic mass is 16.2. The molecule has 1 saturated carbocycles. The summed E-state index contributed by atoms with van der Waals surface area (Å²) < 4.78 is 0. The quantitative estimate of drug-likeness (QED) is 0.735. The van der Waals surface area contributed by atoms with Gasteiger partial charge in [0.25, 0.3) is 0 Å². The molecule has 3 nitrogen and oxygen atoms in total. The molecular weight excluding hydrogens is 212 g/mol. The topological polar surface area (TPSA) is 23.6 Å². The van der Waals surface area contributed by atoms with Crippen molar-refractivity contribution < 1.29 is 4.79 Å². The van der Waals surface area contributed by atoms with Crippen LogP contribution in [0.4, 0.5) is 0 Å². The van der Waals surface area contributed by atoms with Crippen molar-refractivity contribution in [1.82, 2.24) is 9.80 Å². The van der Waals surface area contributed by atoms with Crippen LogP contribution in [0.3, 0.4) is 0 Å². The maximum Gasteiger partial charge on any atom is 0.219 e. The number of hydrogen-bond acceptors (Lipinski definition) is 2. The third-order valence-electron chi connectivity index (χ3n) is 4.67. The minimum atomic E-state index is 0.231. The Labute approximate surface area is 105 Å². The molecule has 1 atom stereocenters. The zero-order chi connectivity index (χ0) is 12.3. The molecule has 1 aliphatic carbocycles. The summed E-state index contributed by atoms with van der Waals surface area (Å²) in [6.07, 6.45) is 7.09. The predicted molar refractivity (Wildman–Crippen MR) is 69.9 cm³/mol. The van der Waals surface area contributed by atoms with Crippen molar-refractivity contribution >= 4 is 5.91 Å². The lowest BCUT2D eigenvalue weighted by Crippen LogP contribution is -2.52. The Hall–Kier alpha value is -0.570. The van der Waals surface area contributed by atoms with Gasteiger partial charge in [-0.2, -0.15) is 0 Å². The lowest BCUT2D eigenvalue weighted by Gasteiger charge is -2.41. The van der Waals surface area contributed by atoms with Crippen molar-refractivity contribution in [1.29, 1.82) is 0 Å². The number of carbonyl (C=O) groups is 1. The zero-order valence-corrected chi connectivity index (χ0v) is 11.3. The second-order valence-electron chi connectivity index (χ2n) is 5.68. The molecule has 1 amide bonds. The number of nitrogens with zero attached hydrogens (tertiary/aromatic N) is 2. The van der Waals surface area contributed by atoms with E-state index in [2.05, 4.69) is 11.8 Å². The molecule has 2 fully saturated rings. The van der Waals surface area contributed by atoms with Crippen LogP contribution in [-0.2, 0) is 4.79 Å². The summed E-state index contributed by atoms with van der Waals surface area (Å²) in [5.41, 5.74) is 0. The van der Waals surface area contributed by atoms with E-state index in [9.17, 15) is 4.79 Å². The fourth-order valence-electron chi connectivity index (χ4n) is 3.36. The first kappa shape index (κ1) is 12.9. The number of hydrogen-bond donors (Lipinski definition) is 0. The van der Waals surface area contributed by atoms with Gasteiger partial charge in [-0.05, 0) is 25.7 Å². The monoisotopic (exact) mass is 238 g/mol. The largest absolute Gasteiger partial charge is 0.340 e. The van der Waals surface area contributed by atoms with Crippen molar-refractivity contribution in [3.8, 4) is 0 Å². The Morgan fingerprint density at radius 2 is 1.65 bits per heavy atom. The molecule has 0 radical (unpaired) electrons. The number of carbonyl (C=O) groups excluding carboxylic acids is 1. The highest BCUT2D eigenvalue weighted by molar-refractivity contribution is 5.73. The number of amides is 1. The molecule has 0 bridgehead atoms. The lowest BCUT2D eigenvalue weighted by molar-refractivity contribution is -0.131. The minimum absolute atomic E-state index is 0.231. The van der Waals surface area contributed by atoms with E-state index in [1.54, 1.807) is 6.92 Å². The fraction of sp³-hybridized carbons (Fsp3) is 0.929. The summed E-state index contributed by atoms with van der Waals surface area (Å²) in [5.74, 6) is 1.13. The molecular formula is C14H26N2O. The van der Waals surface area contributed by atoms with Gasteiger partial charge >= 0.3 is 0 Å². The maximum atomic E-state index is 11.3. The summed E-state index contributed by atoms with van der Waals surface area (Å²) in [5, 5.41) is 0. The highest BCUT2D eigenvalue weighted by Crippen LogP contribution is 2.29. The molecule has 0 aromatic heterocycles. The van der Waals surface area contributed by atoms with Crippen LogP contribution in [0, 0.1) is 5.92 Å². The Morgan fingerprint density at radius 1 is 1.06 bits per heavy atom. The number of piperazine rings is 1. The Kier molecular flexibility index (Phi) is 4.43. The molecule has 0 spiro atoms. The normalized spacial score (nSPS) is 25.9. The molecule has 3 heteroatoms. The molecule has 1 heterocycles. The Morgan fingerprint density at radius 3 is 2.18 bits per heavy atom. The summed E-state index contributed by atoms with van der Waals surface area (Å²) in [6.45, 7) is 8.05. The van der Waals surface area contributed by atoms with E-state index in [0.29, 0.717) is 6.04 Å². The molecule has 2 aliphatic rings. The zero-order valence-electron chi connectivity index (χ0n) is 11.3. The van der Waals surface area contributed by atoms with Crippen molar-refractivity contribution in [2.45, 2.75) is 52.0 Å². The third-order valence-corrected chi connectivity index (χ3v) is 4.67. The van der Waals surface area contributed by atoms with Gasteiger partial charge in [-0.25, -0.2) is 0 Å². The first-order valence-corrected chi connectivity index (χ1v) is 7.18. The third kappa shape index (κ3) is 3.21. The predicted octanol–water partition coefficient (Wildman–Crippen LogP) is 2.12. The molecule has 98 valence electrons. The molecule has 1 aliphatic heterocycles. The first-order chi connectivity index (χ1) is 8.18. The van der Waals surface area contributed by atoms with Crippen LogP contribution in [0.1, 0.15) is 46.0 Å². The van der Waals surface area contributed by atoms with Crippen LogP contribution in [0.15, 0.2) is 0 Å². The average molecular weight is 238 g/mol. The van der Waals surface area contributed by atoms with Crippen molar-refractivity contribution in [3.63, 3.8) is 0 Å². The van der Waals surface area contributed by atoms with Crippen LogP contribution >= 0.6 is 0 Å². The van der Waals surface area contributed by atoms with Crippen LogP contribution in [0.2, 0.25) is 0 Å². The van der Waals surface area contributed by atoms with E-state index in [1.807, 2.05) is 4.90 Å². The highest BCUT2D eigenvalue weighted by Gasteiger charge is 2.28. The van der Waals surface area contributed by atoms with Gasteiger partial charge in [0.15, 0.2) is 0 Å². The van der Waals surface area contributed by atoms with Gasteiger partial charge in [0.2, 0.25) is 5.91 Å². The molecule has 1 unspecified atom stereocenters. The summed E-state index contributed by atoms with van der Waals surface area (Å²) in [6, 6.07) is 0.712. The second kappa shape index (κ2) is 5.85. The molecule has 17 heavy (non-hydrogen) atoms. The summed E-state index contributed by atoms with van der Waals surface area (Å²) in [4.78, 5) is 15.9. The van der Waals surface area contributed by atoms with Gasteiger partial charge in [-0.3, -0.25) is 9.69 Å². The fourth-order valence-corrected chi connectivity index (χ4v) is 3.36. The molecule has 1 saturated heterocycles. The van der Waals surface area contributed by atoms with Crippen LogP contribution in [-0.4, -0.2) is 47.9 Å². The standard InChI is InChI=1S/C14H26N2O/c1-12(14-6-4-3-5-7-14)15-8-10-16(11-9-15)13(2)17/h12,14H,3-11H2,1-2H3. The van der Waals surface area contributed by atoms with Gasteiger partial charge in [0.1, 0.15) is 0 Å². The summed E-state index contributed by atoms with van der Waals surface area (Å²) in [7, 11) is 0. The van der Waals surface area contributed by atoms with Crippen LogP contribution in [0.5, 0.6) is 0 Å².